The summed E-state index contributed by atoms with van der Waals surface area (Å²) >= 11 is 6.11. The highest BCUT2D eigenvalue weighted by Crippen LogP contribution is 2.34. The van der Waals surface area contributed by atoms with Crippen LogP contribution in [0, 0.1) is 5.82 Å². The average molecular weight is 459 g/mol. The van der Waals surface area contributed by atoms with Gasteiger partial charge < -0.3 is 4.90 Å². The molecule has 0 spiro atoms. The fourth-order valence-corrected chi connectivity index (χ4v) is 4.67. The van der Waals surface area contributed by atoms with Crippen molar-refractivity contribution in [3.8, 4) is 0 Å². The normalized spacial score (nSPS) is 19.0. The molecule has 1 aromatic heterocycles. The van der Waals surface area contributed by atoms with Gasteiger partial charge in [0.25, 0.3) is 12.3 Å². The first kappa shape index (κ1) is 22.1. The lowest BCUT2D eigenvalue weighted by Crippen LogP contribution is -2.40. The van der Waals surface area contributed by atoms with Crippen molar-refractivity contribution in [1.29, 1.82) is 0 Å². The predicted molar refractivity (Wildman–Crippen MR) is 108 cm³/mol. The maximum Gasteiger partial charge on any atom is 0.274 e. The van der Waals surface area contributed by atoms with Gasteiger partial charge in [-0.3, -0.25) is 14.8 Å². The number of aromatic amines is 1. The van der Waals surface area contributed by atoms with E-state index in [1.165, 1.54) is 6.07 Å². The van der Waals surface area contributed by atoms with E-state index in [0.717, 1.165) is 11.3 Å². The van der Waals surface area contributed by atoms with E-state index in [0.29, 0.717) is 44.5 Å². The molecule has 168 valence electrons. The third-order valence-electron chi connectivity index (χ3n) is 6.12. The molecule has 1 N–H and O–H groups in total. The van der Waals surface area contributed by atoms with Crippen molar-refractivity contribution >= 4 is 17.5 Å². The van der Waals surface area contributed by atoms with Crippen molar-refractivity contribution in [2.24, 2.45) is 0 Å². The molecule has 0 aliphatic carbocycles. The van der Waals surface area contributed by atoms with Crippen LogP contribution in [-0.4, -0.2) is 64.7 Å². The van der Waals surface area contributed by atoms with Crippen LogP contribution in [-0.2, 0) is 13.0 Å². The number of fused-ring (bicyclic) bond motifs is 1. The quantitative estimate of drug-likeness (QED) is 0.684. The number of alkyl halides is 3. The van der Waals surface area contributed by atoms with Crippen molar-refractivity contribution in [2.75, 3.05) is 26.2 Å². The fourth-order valence-electron chi connectivity index (χ4n) is 4.39. The van der Waals surface area contributed by atoms with Crippen LogP contribution in [0.4, 0.5) is 17.6 Å². The second-order valence-corrected chi connectivity index (χ2v) is 8.45. The lowest BCUT2D eigenvalue weighted by molar-refractivity contribution is 0.0249. The first-order valence-electron chi connectivity index (χ1n) is 10.3. The fraction of sp³-hybridized carbons (Fsp3) is 0.524. The summed E-state index contributed by atoms with van der Waals surface area (Å²) in [4.78, 5) is 16.4. The van der Waals surface area contributed by atoms with Gasteiger partial charge >= 0.3 is 0 Å². The Kier molecular flexibility index (Phi) is 6.52. The molecule has 2 aliphatic rings. The number of aromatic nitrogens is 2. The molecule has 1 fully saturated rings. The number of hydrogen-bond acceptors (Lipinski definition) is 3. The monoisotopic (exact) mass is 458 g/mol. The predicted octanol–water partition coefficient (Wildman–Crippen LogP) is 4.18. The Morgan fingerprint density at radius 2 is 1.97 bits per heavy atom. The van der Waals surface area contributed by atoms with Crippen LogP contribution in [0.15, 0.2) is 18.2 Å². The maximum absolute atomic E-state index is 13.8. The number of nitrogens with one attached hydrogen (secondary N) is 1. The molecule has 2 aromatic rings. The molecule has 4 rings (SSSR count). The first-order chi connectivity index (χ1) is 14.8. The number of rotatable bonds is 5. The van der Waals surface area contributed by atoms with Crippen LogP contribution in [0.25, 0.3) is 0 Å². The van der Waals surface area contributed by atoms with E-state index in [-0.39, 0.29) is 35.6 Å². The Balaban J connectivity index is 1.41. The number of carbonyl (C=O) groups excluding carboxylic acids is 1. The van der Waals surface area contributed by atoms with Crippen LogP contribution in [0.2, 0.25) is 5.02 Å². The third-order valence-corrected chi connectivity index (χ3v) is 6.52. The van der Waals surface area contributed by atoms with Crippen LogP contribution >= 0.6 is 11.6 Å². The highest BCUT2D eigenvalue weighted by Gasteiger charge is 2.32. The number of halogens is 5. The number of hydrogen-bond donors (Lipinski definition) is 1. The zero-order valence-electron chi connectivity index (χ0n) is 16.8. The standard InChI is InChI=1S/C21H23ClF4N4O/c22-18-13(2-1-3-15(18)23)12-4-8-30(9-5-12)21(31)19-14-10-29(11-16(24)20(25)26)7-6-17(14)27-28-19/h1-3,12,16,20H,4-11H2,(H,27,28). The molecule has 1 saturated heterocycles. The smallest absolute Gasteiger partial charge is 0.274 e. The SMILES string of the molecule is O=C(c1n[nH]c2c1CN(CC(F)C(F)F)CC2)N1CCC(c2cccc(F)c2Cl)CC1. The molecule has 0 bridgehead atoms. The zero-order valence-corrected chi connectivity index (χ0v) is 17.5. The topological polar surface area (TPSA) is 52.2 Å². The van der Waals surface area contributed by atoms with E-state index >= 15 is 0 Å². The minimum absolute atomic E-state index is 0.0617. The molecule has 5 nitrogen and oxygen atoms in total. The van der Waals surface area contributed by atoms with Crippen molar-refractivity contribution in [1.82, 2.24) is 20.0 Å². The number of carbonyl (C=O) groups is 1. The molecule has 3 heterocycles. The summed E-state index contributed by atoms with van der Waals surface area (Å²) in [6, 6.07) is 4.76. The molecule has 1 amide bonds. The zero-order chi connectivity index (χ0) is 22.1. The molecule has 1 unspecified atom stereocenters. The van der Waals surface area contributed by atoms with Crippen molar-refractivity contribution in [3.63, 3.8) is 0 Å². The van der Waals surface area contributed by atoms with Gasteiger partial charge in [0.1, 0.15) is 5.82 Å². The van der Waals surface area contributed by atoms with E-state index in [9.17, 15) is 22.4 Å². The summed E-state index contributed by atoms with van der Waals surface area (Å²) in [5, 5.41) is 7.16. The van der Waals surface area contributed by atoms with Gasteiger partial charge in [-0.05, 0) is 30.4 Å². The second-order valence-electron chi connectivity index (χ2n) is 8.07. The molecular formula is C21H23ClF4N4O. The average Bonchev–Trinajstić information content (AvgIpc) is 3.18. The minimum Gasteiger partial charge on any atom is -0.337 e. The number of H-pyrrole nitrogens is 1. The Morgan fingerprint density at radius 1 is 1.23 bits per heavy atom. The van der Waals surface area contributed by atoms with Crippen molar-refractivity contribution in [2.45, 2.75) is 44.3 Å². The number of nitrogens with zero attached hydrogens (tertiary/aromatic N) is 3. The lowest BCUT2D eigenvalue weighted by atomic mass is 9.89. The van der Waals surface area contributed by atoms with Gasteiger partial charge in [-0.2, -0.15) is 5.10 Å². The largest absolute Gasteiger partial charge is 0.337 e. The summed E-state index contributed by atoms with van der Waals surface area (Å²) in [6.45, 7) is 1.19. The Labute approximate surface area is 182 Å². The van der Waals surface area contributed by atoms with Crippen LogP contribution in [0.3, 0.4) is 0 Å². The molecule has 0 radical (unpaired) electrons. The number of likely N-dealkylation sites (tertiary alicyclic amines) is 1. The van der Waals surface area contributed by atoms with Gasteiger partial charge in [-0.15, -0.1) is 0 Å². The van der Waals surface area contributed by atoms with E-state index in [2.05, 4.69) is 10.2 Å². The molecular weight excluding hydrogens is 436 g/mol. The Bertz CT molecular complexity index is 945. The molecule has 1 aromatic carbocycles. The number of amides is 1. The summed E-state index contributed by atoms with van der Waals surface area (Å²) in [5.74, 6) is -0.631. The second kappa shape index (κ2) is 9.16. The minimum atomic E-state index is -3.03. The molecule has 31 heavy (non-hydrogen) atoms. The molecule has 0 saturated carbocycles. The summed E-state index contributed by atoms with van der Waals surface area (Å²) < 4.78 is 52.4. The molecule has 1 atom stereocenters. The van der Waals surface area contributed by atoms with Crippen LogP contribution in [0.1, 0.15) is 46.1 Å². The summed E-state index contributed by atoms with van der Waals surface area (Å²) in [7, 11) is 0. The Hall–Kier alpha value is -2.13. The number of benzene rings is 1. The van der Waals surface area contributed by atoms with Crippen LogP contribution in [0.5, 0.6) is 0 Å². The van der Waals surface area contributed by atoms with Gasteiger partial charge in [0.2, 0.25) is 0 Å². The van der Waals surface area contributed by atoms with Crippen LogP contribution < -0.4 is 0 Å². The van der Waals surface area contributed by atoms with E-state index in [4.69, 9.17) is 11.6 Å². The van der Waals surface area contributed by atoms with E-state index in [1.54, 1.807) is 15.9 Å². The van der Waals surface area contributed by atoms with E-state index < -0.39 is 18.4 Å². The highest BCUT2D eigenvalue weighted by molar-refractivity contribution is 6.31. The maximum atomic E-state index is 13.8. The van der Waals surface area contributed by atoms with Gasteiger partial charge in [-0.25, -0.2) is 17.6 Å². The summed E-state index contributed by atoms with van der Waals surface area (Å²) in [6.07, 6.45) is -3.47. The summed E-state index contributed by atoms with van der Waals surface area (Å²) in [5.41, 5.74) is 2.44. The van der Waals surface area contributed by atoms with E-state index in [1.807, 2.05) is 6.07 Å². The van der Waals surface area contributed by atoms with Crippen molar-refractivity contribution < 1.29 is 22.4 Å². The lowest BCUT2D eigenvalue weighted by Gasteiger charge is -2.33. The van der Waals surface area contributed by atoms with Gasteiger partial charge in [0.15, 0.2) is 11.9 Å². The highest BCUT2D eigenvalue weighted by atomic mass is 35.5. The Morgan fingerprint density at radius 3 is 2.68 bits per heavy atom. The molecule has 10 heteroatoms. The van der Waals surface area contributed by atoms with Gasteiger partial charge in [-0.1, -0.05) is 23.7 Å². The van der Waals surface area contributed by atoms with Crippen molar-refractivity contribution in [3.05, 3.63) is 51.6 Å². The molecule has 2 aliphatic heterocycles. The van der Waals surface area contributed by atoms with Gasteiger partial charge in [0.05, 0.1) is 5.02 Å². The van der Waals surface area contributed by atoms with Gasteiger partial charge in [0, 0.05) is 50.4 Å². The third kappa shape index (κ3) is 4.57. The first-order valence-corrected chi connectivity index (χ1v) is 10.7. The number of piperidine rings is 1.